The molecular formula is C64H76N4O24. The van der Waals surface area contributed by atoms with E-state index in [1.54, 1.807) is 0 Å². The standard InChI is InChI=1S/C64H76N4O24/c1-5-9-13-89-53-33-17-35-23-42(58(78)66-46(62(83)84)30-50(71)72)25-37(54(35)90-14-10-6-2)19-39-27-44(60(80)68-48(64(87)88)32-52(75)76)28-40(56(39)92-16-12-8-4)20-38-26-43(59(79)67-47(63(85)86)31-51(73)74)24-36(55(38)91-15-11-7-3)18-34(53)22-41(21-33)57(77)65-45(61(81)82)29-49(69)70/h21-28,45-48H,5-20,29-32H2,1-4H3,(H,65,77)(H,66,78)(H,67,79)(H,68,80)(H,69,70)(H,71,72)(H,73,74)(H,75,76)(H,81,82)(H,83,84)(H,85,86)(H,87,88)/t45-,46-,47-,48-/m1/s1. The molecule has 1 aliphatic rings. The number of amides is 4. The van der Waals surface area contributed by atoms with Gasteiger partial charge in [0.1, 0.15) is 47.2 Å². The van der Waals surface area contributed by atoms with Crippen LogP contribution in [0.3, 0.4) is 0 Å². The average molecular weight is 1290 g/mol. The topological polar surface area (TPSA) is 452 Å². The van der Waals surface area contributed by atoms with Gasteiger partial charge in [0.05, 0.1) is 52.1 Å². The Labute approximate surface area is 527 Å². The normalized spacial score (nSPS) is 12.9. The predicted molar refractivity (Wildman–Crippen MR) is 323 cm³/mol. The molecule has 0 aromatic heterocycles. The number of carboxylic acids is 8. The van der Waals surface area contributed by atoms with Gasteiger partial charge < -0.3 is 81.1 Å². The van der Waals surface area contributed by atoms with Crippen LogP contribution in [-0.4, -0.2) is 163 Å². The van der Waals surface area contributed by atoms with Gasteiger partial charge in [0, 0.05) is 47.9 Å². The van der Waals surface area contributed by atoms with Gasteiger partial charge in [0.25, 0.3) is 23.6 Å². The van der Waals surface area contributed by atoms with Crippen LogP contribution in [0.1, 0.15) is 191 Å². The summed E-state index contributed by atoms with van der Waals surface area (Å²) in [6.45, 7) is 7.56. The highest BCUT2D eigenvalue weighted by molar-refractivity contribution is 6.01. The smallest absolute Gasteiger partial charge is 0.326 e. The van der Waals surface area contributed by atoms with E-state index in [1.807, 2.05) is 27.7 Å². The lowest BCUT2D eigenvalue weighted by Crippen LogP contribution is -2.42. The second-order valence-electron chi connectivity index (χ2n) is 21.9. The summed E-state index contributed by atoms with van der Waals surface area (Å²) in [6.07, 6.45) is -1.66. The fourth-order valence-electron chi connectivity index (χ4n) is 9.89. The van der Waals surface area contributed by atoms with Gasteiger partial charge in [-0.05, 0) is 119 Å². The van der Waals surface area contributed by atoms with Crippen LogP contribution in [0.2, 0.25) is 0 Å². The Bertz CT molecular complexity index is 2910. The van der Waals surface area contributed by atoms with E-state index in [9.17, 15) is 98.4 Å². The van der Waals surface area contributed by atoms with Crippen molar-refractivity contribution in [1.82, 2.24) is 21.3 Å². The minimum atomic E-state index is -1.97. The lowest BCUT2D eigenvalue weighted by atomic mass is 9.88. The maximum Gasteiger partial charge on any atom is 0.326 e. The first-order valence-electron chi connectivity index (χ1n) is 29.8. The average Bonchev–Trinajstić information content (AvgIpc) is 0.784. The number of aliphatic carboxylic acids is 8. The second kappa shape index (κ2) is 34.6. The first-order valence-corrected chi connectivity index (χ1v) is 29.8. The van der Waals surface area contributed by atoms with Gasteiger partial charge in [-0.25, -0.2) is 19.2 Å². The van der Waals surface area contributed by atoms with Gasteiger partial charge in [-0.15, -0.1) is 0 Å². The number of fused-ring (bicyclic) bond motifs is 8. The number of carbonyl (C=O) groups excluding carboxylic acids is 4. The molecular weight excluding hydrogens is 1210 g/mol. The number of carbonyl (C=O) groups is 12. The van der Waals surface area contributed by atoms with Crippen molar-refractivity contribution in [2.24, 2.45) is 0 Å². The summed E-state index contributed by atoms with van der Waals surface area (Å²) in [4.78, 5) is 156. The summed E-state index contributed by atoms with van der Waals surface area (Å²) in [5, 5.41) is 88.1. The lowest BCUT2D eigenvalue weighted by molar-refractivity contribution is -0.145. The Kier molecular flexibility index (Phi) is 27.3. The maximum absolute atomic E-state index is 14.6. The van der Waals surface area contributed by atoms with Crippen LogP contribution in [0.5, 0.6) is 23.0 Å². The minimum absolute atomic E-state index is 0.0119. The number of nitrogens with one attached hydrogen (secondary N) is 4. The molecule has 28 heteroatoms. The van der Waals surface area contributed by atoms with E-state index in [0.29, 0.717) is 51.4 Å². The van der Waals surface area contributed by atoms with Crippen molar-refractivity contribution in [3.05, 3.63) is 115 Å². The Morgan fingerprint density at radius 2 is 0.478 bits per heavy atom. The summed E-state index contributed by atoms with van der Waals surface area (Å²) in [5.74, 6) is -17.2. The molecule has 4 atom stereocenters. The summed E-state index contributed by atoms with van der Waals surface area (Å²) in [5.41, 5.74) is -0.123. The number of rotatable bonds is 36. The molecule has 496 valence electrons. The van der Waals surface area contributed by atoms with E-state index in [0.717, 1.165) is 0 Å². The number of carboxylic acid groups (broad SMARTS) is 8. The van der Waals surface area contributed by atoms with E-state index in [-0.39, 0.29) is 142 Å². The van der Waals surface area contributed by atoms with Crippen molar-refractivity contribution in [3.8, 4) is 23.0 Å². The molecule has 92 heavy (non-hydrogen) atoms. The molecule has 0 unspecified atom stereocenters. The zero-order valence-electron chi connectivity index (χ0n) is 51.2. The van der Waals surface area contributed by atoms with E-state index in [2.05, 4.69) is 21.3 Å². The summed E-state index contributed by atoms with van der Waals surface area (Å²) >= 11 is 0. The molecule has 0 aliphatic heterocycles. The summed E-state index contributed by atoms with van der Waals surface area (Å²) in [6, 6.07) is 2.70. The van der Waals surface area contributed by atoms with Gasteiger partial charge in [0.2, 0.25) is 0 Å². The third-order valence-corrected chi connectivity index (χ3v) is 14.4. The number of hydrogen-bond acceptors (Lipinski definition) is 16. The van der Waals surface area contributed by atoms with E-state index in [1.165, 1.54) is 48.5 Å². The number of hydrogen-bond donors (Lipinski definition) is 12. The fourth-order valence-corrected chi connectivity index (χ4v) is 9.89. The highest BCUT2D eigenvalue weighted by Crippen LogP contribution is 2.41. The van der Waals surface area contributed by atoms with Gasteiger partial charge in [-0.1, -0.05) is 53.4 Å². The molecule has 1 aliphatic carbocycles. The molecule has 0 saturated carbocycles. The van der Waals surface area contributed by atoms with Crippen molar-refractivity contribution in [2.45, 2.75) is 155 Å². The van der Waals surface area contributed by atoms with Gasteiger partial charge in [0.15, 0.2) is 0 Å². The first-order chi connectivity index (χ1) is 43.7. The zero-order valence-corrected chi connectivity index (χ0v) is 51.2. The molecule has 12 N–H and O–H groups in total. The zero-order chi connectivity index (χ0) is 67.9. The van der Waals surface area contributed by atoms with Crippen LogP contribution in [0.15, 0.2) is 48.5 Å². The van der Waals surface area contributed by atoms with Crippen molar-refractivity contribution >= 4 is 71.4 Å². The molecule has 4 aromatic carbocycles. The number of benzene rings is 4. The maximum atomic E-state index is 14.6. The largest absolute Gasteiger partial charge is 0.493 e. The quantitative estimate of drug-likeness (QED) is 0.0214. The molecule has 4 amide bonds. The summed E-state index contributed by atoms with van der Waals surface area (Å²) < 4.78 is 26.6. The monoisotopic (exact) mass is 1280 g/mol. The number of unbranched alkanes of at least 4 members (excludes halogenated alkanes) is 4. The highest BCUT2D eigenvalue weighted by atomic mass is 16.5. The number of ether oxygens (including phenoxy) is 4. The Morgan fingerprint density at radius 1 is 0.315 bits per heavy atom. The van der Waals surface area contributed by atoms with Gasteiger partial charge in [-0.3, -0.25) is 38.4 Å². The van der Waals surface area contributed by atoms with E-state index < -0.39 is 121 Å². The highest BCUT2D eigenvalue weighted by Gasteiger charge is 2.32. The van der Waals surface area contributed by atoms with Gasteiger partial charge >= 0.3 is 47.8 Å². The molecule has 8 bridgehead atoms. The van der Waals surface area contributed by atoms with Crippen molar-refractivity contribution in [3.63, 3.8) is 0 Å². The van der Waals surface area contributed by atoms with Crippen LogP contribution in [0, 0.1) is 0 Å². The Balaban J connectivity index is 2.10. The molecule has 0 radical (unpaired) electrons. The molecule has 28 nitrogen and oxygen atoms in total. The summed E-state index contributed by atoms with van der Waals surface area (Å²) in [7, 11) is 0. The third-order valence-electron chi connectivity index (χ3n) is 14.4. The molecule has 0 heterocycles. The lowest BCUT2D eigenvalue weighted by Gasteiger charge is -2.25. The van der Waals surface area contributed by atoms with Gasteiger partial charge in [-0.2, -0.15) is 0 Å². The molecule has 0 spiro atoms. The van der Waals surface area contributed by atoms with Crippen LogP contribution in [-0.2, 0) is 64.0 Å². The van der Waals surface area contributed by atoms with Crippen LogP contribution in [0.4, 0.5) is 0 Å². The first kappa shape index (κ1) is 72.5. The predicted octanol–water partition coefficient (Wildman–Crippen LogP) is 5.71. The minimum Gasteiger partial charge on any atom is -0.493 e. The second-order valence-corrected chi connectivity index (χ2v) is 21.9. The van der Waals surface area contributed by atoms with Crippen LogP contribution >= 0.6 is 0 Å². The SMILES string of the molecule is CCCCOc1c2cc(C(=O)N[C@H](CC(=O)O)C(=O)O)cc1Cc1cc(C(=O)N[C@H](CC(=O)O)C(=O)O)cc(c1OCCCC)Cc1cc(C(=O)N[C@H](CC(=O)O)C(=O)O)cc(c1OCCCC)Cc1cc(C(=O)N[C@H](CC(=O)O)C(=O)O)cc(c1OCCCC)C2. The van der Waals surface area contributed by atoms with Crippen molar-refractivity contribution in [2.75, 3.05) is 26.4 Å². The molecule has 0 fully saturated rings. The van der Waals surface area contributed by atoms with Crippen LogP contribution < -0.4 is 40.2 Å². The van der Waals surface area contributed by atoms with Crippen molar-refractivity contribution < 1.29 is 117 Å². The molecule has 5 rings (SSSR count). The Morgan fingerprint density at radius 3 is 0.609 bits per heavy atom. The molecule has 4 aromatic rings. The third kappa shape index (κ3) is 20.9. The van der Waals surface area contributed by atoms with E-state index in [4.69, 9.17) is 18.9 Å². The van der Waals surface area contributed by atoms with E-state index >= 15 is 0 Å². The van der Waals surface area contributed by atoms with Crippen molar-refractivity contribution in [1.29, 1.82) is 0 Å². The Hall–Kier alpha value is -10.3. The molecule has 0 saturated heterocycles. The fraction of sp³-hybridized carbons (Fsp3) is 0.438. The van der Waals surface area contributed by atoms with Crippen LogP contribution in [0.25, 0.3) is 0 Å².